The van der Waals surface area contributed by atoms with Crippen molar-refractivity contribution in [2.24, 2.45) is 4.99 Å². The van der Waals surface area contributed by atoms with E-state index >= 15 is 0 Å². The zero-order valence-corrected chi connectivity index (χ0v) is 13.3. The molecule has 2 aromatic rings. The topological polar surface area (TPSA) is 81.8 Å². The molecule has 0 fully saturated rings. The van der Waals surface area contributed by atoms with E-state index in [9.17, 15) is 14.9 Å². The van der Waals surface area contributed by atoms with Gasteiger partial charge in [-0.2, -0.15) is 0 Å². The first kappa shape index (κ1) is 15.4. The number of hydrogen-bond acceptors (Lipinski definition) is 6. The highest BCUT2D eigenvalue weighted by molar-refractivity contribution is 7.16. The Morgan fingerprint density at radius 3 is 3.00 bits per heavy atom. The number of nitrogens with zero attached hydrogens (tertiary/aromatic N) is 2. The summed E-state index contributed by atoms with van der Waals surface area (Å²) >= 11 is 1.49. The molecule has 0 saturated heterocycles. The van der Waals surface area contributed by atoms with Crippen molar-refractivity contribution in [3.05, 3.63) is 55.9 Å². The molecule has 0 unspecified atom stereocenters. The number of aryl methyl sites for hydroxylation is 1. The third-order valence-electron chi connectivity index (χ3n) is 3.70. The second-order valence-electron chi connectivity index (χ2n) is 5.14. The van der Waals surface area contributed by atoms with Gasteiger partial charge in [0.2, 0.25) is 0 Å². The van der Waals surface area contributed by atoms with Crippen molar-refractivity contribution in [2.45, 2.75) is 19.3 Å². The first-order valence-corrected chi connectivity index (χ1v) is 7.93. The number of aliphatic imine (C=N–C) groups is 1. The van der Waals surface area contributed by atoms with Crippen molar-refractivity contribution >= 4 is 34.2 Å². The van der Waals surface area contributed by atoms with Crippen LogP contribution in [0.1, 0.15) is 32.8 Å². The van der Waals surface area contributed by atoms with E-state index in [1.54, 1.807) is 18.3 Å². The Morgan fingerprint density at radius 2 is 2.26 bits per heavy atom. The summed E-state index contributed by atoms with van der Waals surface area (Å²) in [6.45, 7) is 0. The molecule has 0 atom stereocenters. The number of non-ortho nitro benzene ring substituents is 1. The number of carbonyl (C=O) groups is 1. The smallest absolute Gasteiger partial charge is 0.341 e. The fraction of sp³-hybridized carbons (Fsp3) is 0.250. The molecule has 7 heteroatoms. The molecule has 0 saturated carbocycles. The van der Waals surface area contributed by atoms with Gasteiger partial charge in [-0.25, -0.2) is 9.79 Å². The van der Waals surface area contributed by atoms with E-state index < -0.39 is 4.92 Å². The minimum absolute atomic E-state index is 0.0100. The van der Waals surface area contributed by atoms with Crippen LogP contribution in [0, 0.1) is 10.1 Å². The largest absolute Gasteiger partial charge is 0.465 e. The highest BCUT2D eigenvalue weighted by Crippen LogP contribution is 2.41. The molecule has 0 aliphatic heterocycles. The number of esters is 1. The molecule has 0 radical (unpaired) electrons. The molecule has 6 nitrogen and oxygen atoms in total. The van der Waals surface area contributed by atoms with Crippen LogP contribution in [-0.4, -0.2) is 24.2 Å². The molecule has 1 aromatic heterocycles. The Morgan fingerprint density at radius 1 is 1.43 bits per heavy atom. The number of fused-ring (bicyclic) bond motifs is 1. The molecule has 1 aliphatic carbocycles. The van der Waals surface area contributed by atoms with Crippen molar-refractivity contribution < 1.29 is 14.5 Å². The van der Waals surface area contributed by atoms with Crippen molar-refractivity contribution in [1.82, 2.24) is 0 Å². The number of ether oxygens (including phenoxy) is 1. The third kappa shape index (κ3) is 3.00. The van der Waals surface area contributed by atoms with Crippen LogP contribution in [0.2, 0.25) is 0 Å². The second-order valence-corrected chi connectivity index (χ2v) is 6.22. The average Bonchev–Trinajstić information content (AvgIpc) is 3.12. The Labute approximate surface area is 136 Å². The lowest BCUT2D eigenvalue weighted by Gasteiger charge is -2.01. The van der Waals surface area contributed by atoms with Gasteiger partial charge in [-0.15, -0.1) is 11.3 Å². The van der Waals surface area contributed by atoms with E-state index in [0.717, 1.165) is 24.8 Å². The van der Waals surface area contributed by atoms with Gasteiger partial charge in [-0.05, 0) is 30.4 Å². The van der Waals surface area contributed by atoms with Gasteiger partial charge in [0, 0.05) is 23.2 Å². The minimum atomic E-state index is -0.448. The van der Waals surface area contributed by atoms with E-state index in [1.807, 2.05) is 0 Å². The normalized spacial score (nSPS) is 13.3. The van der Waals surface area contributed by atoms with Gasteiger partial charge in [0.25, 0.3) is 5.69 Å². The summed E-state index contributed by atoms with van der Waals surface area (Å²) in [4.78, 5) is 27.9. The van der Waals surface area contributed by atoms with Gasteiger partial charge < -0.3 is 4.74 Å². The molecular weight excluding hydrogens is 316 g/mol. The van der Waals surface area contributed by atoms with Gasteiger partial charge in [-0.3, -0.25) is 10.1 Å². The molecule has 3 rings (SSSR count). The predicted molar refractivity (Wildman–Crippen MR) is 88.0 cm³/mol. The lowest BCUT2D eigenvalue weighted by atomic mass is 10.1. The molecule has 0 N–H and O–H groups in total. The number of benzene rings is 1. The quantitative estimate of drug-likeness (QED) is 0.370. The minimum Gasteiger partial charge on any atom is -0.465 e. The molecule has 0 spiro atoms. The summed E-state index contributed by atoms with van der Waals surface area (Å²) < 4.78 is 4.87. The van der Waals surface area contributed by atoms with E-state index in [0.29, 0.717) is 16.1 Å². The molecule has 1 aromatic carbocycles. The van der Waals surface area contributed by atoms with E-state index in [4.69, 9.17) is 4.74 Å². The number of thiophene rings is 1. The maximum absolute atomic E-state index is 12.0. The van der Waals surface area contributed by atoms with Crippen LogP contribution in [0.4, 0.5) is 10.7 Å². The van der Waals surface area contributed by atoms with Crippen LogP contribution in [0.25, 0.3) is 0 Å². The van der Waals surface area contributed by atoms with E-state index in [2.05, 4.69) is 4.99 Å². The van der Waals surface area contributed by atoms with Gasteiger partial charge in [-0.1, -0.05) is 12.1 Å². The highest BCUT2D eigenvalue weighted by atomic mass is 32.1. The fourth-order valence-electron chi connectivity index (χ4n) is 2.65. The van der Waals surface area contributed by atoms with Gasteiger partial charge in [0.15, 0.2) is 0 Å². The standard InChI is InChI=1S/C16H14N2O4S/c1-22-16(19)14-12-6-3-7-13(12)23-15(14)17-9-10-4-2-5-11(8-10)18(20)21/h2,4-5,8-9H,3,6-7H2,1H3. The molecule has 0 bridgehead atoms. The number of nitro benzene ring substituents is 1. The molecule has 0 amide bonds. The van der Waals surface area contributed by atoms with Crippen molar-refractivity contribution in [3.8, 4) is 0 Å². The highest BCUT2D eigenvalue weighted by Gasteiger charge is 2.26. The van der Waals surface area contributed by atoms with Crippen LogP contribution in [0.3, 0.4) is 0 Å². The van der Waals surface area contributed by atoms with Gasteiger partial charge in [0.1, 0.15) is 5.00 Å². The number of carbonyl (C=O) groups excluding carboxylic acids is 1. The number of rotatable bonds is 4. The Balaban J connectivity index is 1.95. The molecule has 1 aliphatic rings. The first-order chi connectivity index (χ1) is 11.1. The van der Waals surface area contributed by atoms with Crippen LogP contribution in [0.15, 0.2) is 29.3 Å². The van der Waals surface area contributed by atoms with Crippen molar-refractivity contribution in [3.63, 3.8) is 0 Å². The predicted octanol–water partition coefficient (Wildman–Crippen LogP) is 3.68. The van der Waals surface area contributed by atoms with Crippen LogP contribution in [0.5, 0.6) is 0 Å². The van der Waals surface area contributed by atoms with Gasteiger partial charge in [0.05, 0.1) is 17.6 Å². The molecule has 1 heterocycles. The zero-order valence-electron chi connectivity index (χ0n) is 12.4. The monoisotopic (exact) mass is 330 g/mol. The SMILES string of the molecule is COC(=O)c1c(N=Cc2cccc([N+](=O)[O-])c2)sc2c1CCC2. The molecular formula is C16H14N2O4S. The zero-order chi connectivity index (χ0) is 16.4. The summed E-state index contributed by atoms with van der Waals surface area (Å²) in [5, 5.41) is 11.4. The number of methoxy groups -OCH3 is 1. The average molecular weight is 330 g/mol. The van der Waals surface area contributed by atoms with Crippen molar-refractivity contribution in [2.75, 3.05) is 7.11 Å². The van der Waals surface area contributed by atoms with E-state index in [-0.39, 0.29) is 11.7 Å². The lowest BCUT2D eigenvalue weighted by molar-refractivity contribution is -0.384. The van der Waals surface area contributed by atoms with Crippen LogP contribution in [-0.2, 0) is 17.6 Å². The van der Waals surface area contributed by atoms with Crippen LogP contribution >= 0.6 is 11.3 Å². The maximum atomic E-state index is 12.0. The fourth-order valence-corrected chi connectivity index (χ4v) is 3.87. The molecule has 23 heavy (non-hydrogen) atoms. The third-order valence-corrected chi connectivity index (χ3v) is 4.90. The van der Waals surface area contributed by atoms with Crippen molar-refractivity contribution in [1.29, 1.82) is 0 Å². The lowest BCUT2D eigenvalue weighted by Crippen LogP contribution is -2.03. The first-order valence-electron chi connectivity index (χ1n) is 7.11. The summed E-state index contributed by atoms with van der Waals surface area (Å²) in [7, 11) is 1.36. The Kier molecular flexibility index (Phi) is 4.20. The van der Waals surface area contributed by atoms with Crippen LogP contribution < -0.4 is 0 Å². The summed E-state index contributed by atoms with van der Waals surface area (Å²) in [5.41, 5.74) is 2.19. The summed E-state index contributed by atoms with van der Waals surface area (Å²) in [5.74, 6) is -0.379. The Bertz CT molecular complexity index is 810. The molecule has 118 valence electrons. The Hall–Kier alpha value is -2.54. The second kappa shape index (κ2) is 6.29. The number of nitro groups is 1. The summed E-state index contributed by atoms with van der Waals surface area (Å²) in [6, 6.07) is 6.21. The van der Waals surface area contributed by atoms with E-state index in [1.165, 1.54) is 35.5 Å². The summed E-state index contributed by atoms with van der Waals surface area (Å²) in [6.07, 6.45) is 4.40. The maximum Gasteiger partial charge on any atom is 0.341 e. The number of hydrogen-bond donors (Lipinski definition) is 0. The van der Waals surface area contributed by atoms with Gasteiger partial charge >= 0.3 is 5.97 Å².